The first-order valence-electron chi connectivity index (χ1n) is 5.72. The Hall–Kier alpha value is -1.36. The molecule has 1 N–H and O–H groups in total. The molecule has 2 rings (SSSR count). The van der Waals surface area contributed by atoms with Crippen molar-refractivity contribution in [3.8, 4) is 0 Å². The largest absolute Gasteiger partial charge is 0.341 e. The summed E-state index contributed by atoms with van der Waals surface area (Å²) in [5.41, 5.74) is 1.19. The van der Waals surface area contributed by atoms with E-state index in [0.717, 1.165) is 32.5 Å². The van der Waals surface area contributed by atoms with E-state index in [2.05, 4.69) is 10.4 Å². The van der Waals surface area contributed by atoms with Gasteiger partial charge in [0.1, 0.15) is 0 Å². The van der Waals surface area contributed by atoms with Crippen LogP contribution >= 0.6 is 0 Å². The van der Waals surface area contributed by atoms with Crippen LogP contribution in [-0.2, 0) is 18.3 Å². The smallest absolute Gasteiger partial charge is 0.236 e. The van der Waals surface area contributed by atoms with Crippen LogP contribution in [0.15, 0.2) is 12.4 Å². The van der Waals surface area contributed by atoms with Gasteiger partial charge in [-0.1, -0.05) is 0 Å². The zero-order chi connectivity index (χ0) is 11.4. The molecule has 1 aliphatic heterocycles. The summed E-state index contributed by atoms with van der Waals surface area (Å²) >= 11 is 0. The van der Waals surface area contributed by atoms with Crippen LogP contribution in [0.1, 0.15) is 12.0 Å². The Morgan fingerprint density at radius 1 is 1.56 bits per heavy atom. The van der Waals surface area contributed by atoms with E-state index in [1.54, 1.807) is 4.68 Å². The molecule has 1 aromatic rings. The Labute approximate surface area is 95.4 Å². The van der Waals surface area contributed by atoms with Gasteiger partial charge >= 0.3 is 0 Å². The molecule has 88 valence electrons. The second kappa shape index (κ2) is 5.12. The summed E-state index contributed by atoms with van der Waals surface area (Å²) in [6.07, 6.45) is 5.79. The third-order valence-electron chi connectivity index (χ3n) is 2.84. The van der Waals surface area contributed by atoms with Crippen LogP contribution in [0.3, 0.4) is 0 Å². The van der Waals surface area contributed by atoms with Crippen LogP contribution in [0.2, 0.25) is 0 Å². The second-order valence-electron chi connectivity index (χ2n) is 4.18. The lowest BCUT2D eigenvalue weighted by Crippen LogP contribution is -2.36. The van der Waals surface area contributed by atoms with Gasteiger partial charge in [-0.2, -0.15) is 5.10 Å². The monoisotopic (exact) mass is 222 g/mol. The summed E-state index contributed by atoms with van der Waals surface area (Å²) < 4.78 is 1.79. The van der Waals surface area contributed by atoms with Gasteiger partial charge in [-0.25, -0.2) is 0 Å². The number of nitrogens with one attached hydrogen (secondary N) is 1. The summed E-state index contributed by atoms with van der Waals surface area (Å²) in [4.78, 5) is 13.6. The Bertz CT molecular complexity index is 361. The minimum atomic E-state index is 0.210. The first kappa shape index (κ1) is 11.1. The topological polar surface area (TPSA) is 50.2 Å². The Morgan fingerprint density at radius 3 is 3.19 bits per heavy atom. The average molecular weight is 222 g/mol. The number of aryl methyl sites for hydroxylation is 1. The van der Waals surface area contributed by atoms with E-state index in [0.29, 0.717) is 6.54 Å². The molecular formula is C11H18N4O. The van der Waals surface area contributed by atoms with Crippen LogP contribution in [0.5, 0.6) is 0 Å². The molecule has 0 unspecified atom stereocenters. The van der Waals surface area contributed by atoms with Crippen molar-refractivity contribution >= 4 is 5.91 Å². The normalized spacial score (nSPS) is 17.6. The summed E-state index contributed by atoms with van der Waals surface area (Å²) in [7, 11) is 1.91. The standard InChI is InChI=1S/C11H18N4O/c1-14-9-10(7-13-14)3-6-15-5-2-4-12-8-11(15)16/h7,9,12H,2-6,8H2,1H3. The van der Waals surface area contributed by atoms with Gasteiger partial charge in [0, 0.05) is 26.3 Å². The first-order valence-corrected chi connectivity index (χ1v) is 5.72. The number of carbonyl (C=O) groups is 1. The van der Waals surface area contributed by atoms with Gasteiger partial charge in [0.05, 0.1) is 12.7 Å². The van der Waals surface area contributed by atoms with Crippen molar-refractivity contribution in [1.29, 1.82) is 0 Å². The Morgan fingerprint density at radius 2 is 2.44 bits per heavy atom. The summed E-state index contributed by atoms with van der Waals surface area (Å²) in [6, 6.07) is 0. The predicted octanol–water partition coefficient (Wildman–Crippen LogP) is -0.215. The highest BCUT2D eigenvalue weighted by Gasteiger charge is 2.15. The molecule has 0 radical (unpaired) electrons. The third kappa shape index (κ3) is 2.82. The van der Waals surface area contributed by atoms with E-state index in [-0.39, 0.29) is 5.91 Å². The van der Waals surface area contributed by atoms with Crippen LogP contribution < -0.4 is 5.32 Å². The second-order valence-corrected chi connectivity index (χ2v) is 4.18. The van der Waals surface area contributed by atoms with Crippen molar-refractivity contribution in [3.63, 3.8) is 0 Å². The maximum Gasteiger partial charge on any atom is 0.236 e. The van der Waals surface area contributed by atoms with Gasteiger partial charge in [-0.3, -0.25) is 9.48 Å². The number of carbonyl (C=O) groups excluding carboxylic acids is 1. The Kier molecular flexibility index (Phi) is 3.56. The molecule has 1 saturated heterocycles. The molecule has 16 heavy (non-hydrogen) atoms. The van der Waals surface area contributed by atoms with Crippen LogP contribution in [0.4, 0.5) is 0 Å². The molecule has 1 aliphatic rings. The highest BCUT2D eigenvalue weighted by molar-refractivity contribution is 5.78. The molecule has 1 fully saturated rings. The number of amides is 1. The molecule has 0 atom stereocenters. The van der Waals surface area contributed by atoms with Crippen molar-refractivity contribution in [2.24, 2.45) is 7.05 Å². The van der Waals surface area contributed by atoms with Gasteiger partial charge < -0.3 is 10.2 Å². The number of nitrogens with zero attached hydrogens (tertiary/aromatic N) is 3. The van der Waals surface area contributed by atoms with Gasteiger partial charge in [-0.05, 0) is 24.9 Å². The van der Waals surface area contributed by atoms with Crippen molar-refractivity contribution in [2.45, 2.75) is 12.8 Å². The van der Waals surface area contributed by atoms with E-state index in [1.807, 2.05) is 24.3 Å². The maximum atomic E-state index is 11.7. The summed E-state index contributed by atoms with van der Waals surface area (Å²) in [5.74, 6) is 0.210. The number of hydrogen-bond acceptors (Lipinski definition) is 3. The molecule has 0 aliphatic carbocycles. The van der Waals surface area contributed by atoms with Gasteiger partial charge in [0.25, 0.3) is 0 Å². The van der Waals surface area contributed by atoms with Gasteiger partial charge in [-0.15, -0.1) is 0 Å². The first-order chi connectivity index (χ1) is 7.75. The lowest BCUT2D eigenvalue weighted by atomic mass is 10.2. The maximum absolute atomic E-state index is 11.7. The zero-order valence-electron chi connectivity index (χ0n) is 9.65. The van der Waals surface area contributed by atoms with Crippen molar-refractivity contribution in [1.82, 2.24) is 20.0 Å². The molecule has 5 nitrogen and oxygen atoms in total. The van der Waals surface area contributed by atoms with E-state index >= 15 is 0 Å². The fourth-order valence-electron chi connectivity index (χ4n) is 1.93. The molecule has 2 heterocycles. The van der Waals surface area contributed by atoms with Gasteiger partial charge in [0.15, 0.2) is 0 Å². The van der Waals surface area contributed by atoms with Crippen molar-refractivity contribution in [2.75, 3.05) is 26.2 Å². The highest BCUT2D eigenvalue weighted by Crippen LogP contribution is 2.02. The fourth-order valence-corrected chi connectivity index (χ4v) is 1.93. The lowest BCUT2D eigenvalue weighted by Gasteiger charge is -2.19. The van der Waals surface area contributed by atoms with Crippen molar-refractivity contribution in [3.05, 3.63) is 18.0 Å². The van der Waals surface area contributed by atoms with Gasteiger partial charge in [0.2, 0.25) is 5.91 Å². The lowest BCUT2D eigenvalue weighted by molar-refractivity contribution is -0.129. The van der Waals surface area contributed by atoms with E-state index < -0.39 is 0 Å². The number of rotatable bonds is 3. The minimum absolute atomic E-state index is 0.210. The molecule has 0 bridgehead atoms. The van der Waals surface area contributed by atoms with Crippen molar-refractivity contribution < 1.29 is 4.79 Å². The Balaban J connectivity index is 1.86. The molecule has 1 amide bonds. The summed E-state index contributed by atoms with van der Waals surface area (Å²) in [6.45, 7) is 3.08. The average Bonchev–Trinajstić information content (AvgIpc) is 2.56. The molecule has 0 aromatic carbocycles. The van der Waals surface area contributed by atoms with Crippen LogP contribution in [0, 0.1) is 0 Å². The fraction of sp³-hybridized carbons (Fsp3) is 0.636. The number of aromatic nitrogens is 2. The number of hydrogen-bond donors (Lipinski definition) is 1. The molecule has 1 aromatic heterocycles. The highest BCUT2D eigenvalue weighted by atomic mass is 16.2. The van der Waals surface area contributed by atoms with Crippen LogP contribution in [0.25, 0.3) is 0 Å². The van der Waals surface area contributed by atoms with Crippen LogP contribution in [-0.4, -0.2) is 46.8 Å². The molecule has 0 spiro atoms. The molecule has 5 heteroatoms. The third-order valence-corrected chi connectivity index (χ3v) is 2.84. The summed E-state index contributed by atoms with van der Waals surface area (Å²) in [5, 5.41) is 7.24. The zero-order valence-corrected chi connectivity index (χ0v) is 9.65. The molecule has 0 saturated carbocycles. The SMILES string of the molecule is Cn1cc(CCN2CCCNCC2=O)cn1. The predicted molar refractivity (Wildman–Crippen MR) is 61.0 cm³/mol. The minimum Gasteiger partial charge on any atom is -0.341 e. The molecular weight excluding hydrogens is 204 g/mol. The van der Waals surface area contributed by atoms with E-state index in [9.17, 15) is 4.79 Å². The van der Waals surface area contributed by atoms with E-state index in [1.165, 1.54) is 5.56 Å². The quantitative estimate of drug-likeness (QED) is 0.769. The van der Waals surface area contributed by atoms with E-state index in [4.69, 9.17) is 0 Å².